The van der Waals surface area contributed by atoms with Gasteiger partial charge >= 0.3 is 0 Å². The zero-order valence-corrected chi connectivity index (χ0v) is 20.5. The molecular weight excluding hydrogens is 448 g/mol. The molecule has 1 amide bonds. The Hall–Kier alpha value is -3.23. The molecule has 8 heteroatoms. The van der Waals surface area contributed by atoms with Crippen molar-refractivity contribution < 1.29 is 16.1 Å². The highest BCUT2D eigenvalue weighted by Gasteiger charge is 2.39. The van der Waals surface area contributed by atoms with E-state index in [9.17, 15) is 13.2 Å². The van der Waals surface area contributed by atoms with Crippen LogP contribution in [0.1, 0.15) is 43.0 Å². The van der Waals surface area contributed by atoms with Gasteiger partial charge in [-0.1, -0.05) is 54.1 Å². The molecule has 1 aliphatic heterocycles. The van der Waals surface area contributed by atoms with Gasteiger partial charge in [-0.15, -0.1) is 0 Å². The molecular formula is C26H34N4O3S. The molecule has 2 heterocycles. The summed E-state index contributed by atoms with van der Waals surface area (Å²) in [6, 6.07) is 18.0. The van der Waals surface area contributed by atoms with Crippen molar-refractivity contribution in [2.75, 3.05) is 12.3 Å². The summed E-state index contributed by atoms with van der Waals surface area (Å²) in [5.41, 5.74) is 11.5. The number of carbonyl (C=O) groups is 1. The Balaban J connectivity index is 0.00000228. The van der Waals surface area contributed by atoms with Gasteiger partial charge in [-0.25, -0.2) is 9.71 Å². The molecule has 0 aliphatic carbocycles. The van der Waals surface area contributed by atoms with Crippen LogP contribution in [0.4, 0.5) is 5.82 Å². The zero-order valence-electron chi connectivity index (χ0n) is 19.7. The first-order valence-electron chi connectivity index (χ1n) is 11.3. The van der Waals surface area contributed by atoms with Crippen molar-refractivity contribution in [2.45, 2.75) is 50.7 Å². The molecule has 3 aromatic rings. The Kier molecular flexibility index (Phi) is 6.72. The summed E-state index contributed by atoms with van der Waals surface area (Å²) in [7, 11) is -4.14. The number of aromatic nitrogens is 1. The van der Waals surface area contributed by atoms with Gasteiger partial charge in [0.15, 0.2) is 5.03 Å². The van der Waals surface area contributed by atoms with Gasteiger partial charge in [0.25, 0.3) is 15.9 Å². The number of amides is 1. The van der Waals surface area contributed by atoms with Crippen LogP contribution in [0.2, 0.25) is 0 Å². The number of carbonyl (C=O) groups excluding carboxylic acids is 1. The van der Waals surface area contributed by atoms with Crippen LogP contribution < -0.4 is 10.5 Å². The van der Waals surface area contributed by atoms with E-state index in [0.29, 0.717) is 19.5 Å². The molecule has 4 rings (SSSR count). The maximum absolute atomic E-state index is 13.3. The van der Waals surface area contributed by atoms with Crippen LogP contribution in [-0.4, -0.2) is 36.8 Å². The molecule has 1 saturated heterocycles. The van der Waals surface area contributed by atoms with Crippen LogP contribution in [0, 0.1) is 20.8 Å². The SMILES string of the molecule is Cc1cc(C)c(CN2C[C@H](c3ccccc3)CC2C(=O)NS(=O)(=O)c2cccc(N)n2)c(C)c1.[HH].[HH]. The summed E-state index contributed by atoms with van der Waals surface area (Å²) in [5.74, 6) is -0.353. The number of nitrogen functional groups attached to an aromatic ring is 1. The lowest BCUT2D eigenvalue weighted by Crippen LogP contribution is -2.45. The van der Waals surface area contributed by atoms with Gasteiger partial charge in [-0.3, -0.25) is 9.69 Å². The molecule has 0 saturated carbocycles. The van der Waals surface area contributed by atoms with E-state index < -0.39 is 22.0 Å². The molecule has 1 aromatic heterocycles. The number of hydrogen-bond acceptors (Lipinski definition) is 6. The predicted octanol–water partition coefficient (Wildman–Crippen LogP) is 3.94. The molecule has 34 heavy (non-hydrogen) atoms. The van der Waals surface area contributed by atoms with E-state index in [1.54, 1.807) is 0 Å². The van der Waals surface area contributed by atoms with Crippen molar-refractivity contribution in [2.24, 2.45) is 0 Å². The summed E-state index contributed by atoms with van der Waals surface area (Å²) < 4.78 is 27.9. The van der Waals surface area contributed by atoms with E-state index in [1.165, 1.54) is 23.8 Å². The second-order valence-electron chi connectivity index (χ2n) is 9.04. The van der Waals surface area contributed by atoms with Crippen molar-refractivity contribution in [1.82, 2.24) is 14.6 Å². The molecule has 2 atom stereocenters. The minimum Gasteiger partial charge on any atom is -0.384 e. The van der Waals surface area contributed by atoms with Crippen LogP contribution >= 0.6 is 0 Å². The summed E-state index contributed by atoms with van der Waals surface area (Å²) >= 11 is 0. The average molecular weight is 483 g/mol. The van der Waals surface area contributed by atoms with Crippen molar-refractivity contribution in [3.8, 4) is 0 Å². The summed E-state index contributed by atoms with van der Waals surface area (Å²) in [6.07, 6.45) is 0.527. The lowest BCUT2D eigenvalue weighted by molar-refractivity contribution is -0.123. The van der Waals surface area contributed by atoms with E-state index in [4.69, 9.17) is 5.73 Å². The fourth-order valence-electron chi connectivity index (χ4n) is 4.81. The number of likely N-dealkylation sites (tertiary alicyclic amines) is 1. The highest BCUT2D eigenvalue weighted by Crippen LogP contribution is 2.34. The van der Waals surface area contributed by atoms with Crippen LogP contribution in [0.5, 0.6) is 0 Å². The van der Waals surface area contributed by atoms with Crippen molar-refractivity contribution >= 4 is 21.7 Å². The third-order valence-corrected chi connectivity index (χ3v) is 7.68. The van der Waals surface area contributed by atoms with E-state index in [2.05, 4.69) is 59.6 Å². The smallest absolute Gasteiger partial charge is 0.281 e. The average Bonchev–Trinajstić information content (AvgIpc) is 3.21. The maximum atomic E-state index is 13.3. The van der Waals surface area contributed by atoms with Crippen LogP contribution in [-0.2, 0) is 21.4 Å². The Labute approximate surface area is 204 Å². The largest absolute Gasteiger partial charge is 0.384 e. The predicted molar refractivity (Wildman–Crippen MR) is 137 cm³/mol. The first-order chi connectivity index (χ1) is 16.1. The van der Waals surface area contributed by atoms with Gasteiger partial charge in [0, 0.05) is 15.9 Å². The van der Waals surface area contributed by atoms with Gasteiger partial charge in [-0.05, 0) is 67.5 Å². The minimum atomic E-state index is -4.14. The lowest BCUT2D eigenvalue weighted by Gasteiger charge is -2.25. The molecule has 2 aromatic carbocycles. The summed E-state index contributed by atoms with van der Waals surface area (Å²) in [6.45, 7) is 7.44. The molecule has 182 valence electrons. The van der Waals surface area contributed by atoms with E-state index in [1.807, 2.05) is 18.2 Å². The summed E-state index contributed by atoms with van der Waals surface area (Å²) in [4.78, 5) is 19.3. The number of aryl methyl sites for hydroxylation is 3. The zero-order chi connectivity index (χ0) is 24.5. The standard InChI is InChI=1S/C26H30N4O3S.2H2/c1-17-12-18(2)22(19(3)13-17)16-30-15-21(20-8-5-4-6-9-20)14-23(30)26(31)29-34(32,33)25-11-7-10-24(27)28-25;;/h4-13,21,23H,14-16H2,1-3H3,(H2,27,28)(H,29,31);2*1H/t21-,23?;;/m1../s1. The number of nitrogens with two attached hydrogens (primary N) is 1. The Bertz CT molecular complexity index is 1300. The van der Waals surface area contributed by atoms with Gasteiger partial charge in [0.2, 0.25) is 0 Å². The number of pyridine rings is 1. The molecule has 1 aliphatic rings. The van der Waals surface area contributed by atoms with E-state index in [0.717, 1.165) is 22.3 Å². The topological polar surface area (TPSA) is 105 Å². The quantitative estimate of drug-likeness (QED) is 0.551. The minimum absolute atomic E-state index is 0. The van der Waals surface area contributed by atoms with Crippen LogP contribution in [0.3, 0.4) is 0 Å². The van der Waals surface area contributed by atoms with Crippen molar-refractivity contribution in [3.05, 3.63) is 88.5 Å². The molecule has 1 fully saturated rings. The second-order valence-corrected chi connectivity index (χ2v) is 10.7. The number of benzene rings is 2. The molecule has 0 radical (unpaired) electrons. The Morgan fingerprint density at radius 3 is 2.41 bits per heavy atom. The molecule has 0 spiro atoms. The lowest BCUT2D eigenvalue weighted by atomic mass is 9.96. The van der Waals surface area contributed by atoms with Gasteiger partial charge < -0.3 is 5.73 Å². The Morgan fingerprint density at radius 2 is 1.76 bits per heavy atom. The highest BCUT2D eigenvalue weighted by atomic mass is 32.2. The number of rotatable bonds is 6. The second kappa shape index (κ2) is 9.56. The molecule has 3 N–H and O–H groups in total. The third-order valence-electron chi connectivity index (χ3n) is 6.43. The normalized spacial score (nSPS) is 18.7. The van der Waals surface area contributed by atoms with Gasteiger partial charge in [0.1, 0.15) is 5.82 Å². The number of sulfonamides is 1. The van der Waals surface area contributed by atoms with Crippen molar-refractivity contribution in [1.29, 1.82) is 0 Å². The number of nitrogens with one attached hydrogen (secondary N) is 1. The van der Waals surface area contributed by atoms with Crippen LogP contribution in [0.25, 0.3) is 0 Å². The first kappa shape index (κ1) is 23.9. The number of nitrogens with zero attached hydrogens (tertiary/aromatic N) is 2. The van der Waals surface area contributed by atoms with E-state index >= 15 is 0 Å². The fraction of sp³-hybridized carbons (Fsp3) is 0.308. The molecule has 1 unspecified atom stereocenters. The van der Waals surface area contributed by atoms with Crippen molar-refractivity contribution in [3.63, 3.8) is 0 Å². The Morgan fingerprint density at radius 1 is 1.09 bits per heavy atom. The highest BCUT2D eigenvalue weighted by molar-refractivity contribution is 7.90. The van der Waals surface area contributed by atoms with E-state index in [-0.39, 0.29) is 19.6 Å². The molecule has 7 nitrogen and oxygen atoms in total. The number of anilines is 1. The number of hydrogen-bond donors (Lipinski definition) is 2. The van der Waals surface area contributed by atoms with Gasteiger partial charge in [-0.2, -0.15) is 8.42 Å². The monoisotopic (exact) mass is 482 g/mol. The first-order valence-corrected chi connectivity index (χ1v) is 12.8. The summed E-state index contributed by atoms with van der Waals surface area (Å²) in [5, 5.41) is -0.268. The van der Waals surface area contributed by atoms with Gasteiger partial charge in [0.05, 0.1) is 6.04 Å². The molecule has 0 bridgehead atoms. The van der Waals surface area contributed by atoms with Crippen LogP contribution in [0.15, 0.2) is 65.7 Å². The maximum Gasteiger partial charge on any atom is 0.281 e. The third kappa shape index (κ3) is 5.13. The fourth-order valence-corrected chi connectivity index (χ4v) is 5.80.